The van der Waals surface area contributed by atoms with Crippen LogP contribution >= 0.6 is 0 Å². The van der Waals surface area contributed by atoms with Gasteiger partial charge in [0.25, 0.3) is 0 Å². The maximum absolute atomic E-state index is 12.8. The van der Waals surface area contributed by atoms with Crippen LogP contribution in [-0.2, 0) is 14.3 Å². The van der Waals surface area contributed by atoms with Crippen molar-refractivity contribution >= 4 is 11.7 Å². The third-order valence-corrected chi connectivity index (χ3v) is 5.41. The first kappa shape index (κ1) is 24.5. The summed E-state index contributed by atoms with van der Waals surface area (Å²) in [6, 6.07) is -0.663. The van der Waals surface area contributed by atoms with Crippen molar-refractivity contribution in [2.45, 2.75) is 90.3 Å². The summed E-state index contributed by atoms with van der Waals surface area (Å²) in [6.07, 6.45) is 5.96. The molecule has 0 aromatic carbocycles. The van der Waals surface area contributed by atoms with Crippen molar-refractivity contribution in [3.8, 4) is 0 Å². The molecule has 1 N–H and O–H groups in total. The fourth-order valence-electron chi connectivity index (χ4n) is 3.55. The van der Waals surface area contributed by atoms with Gasteiger partial charge in [0.15, 0.2) is 0 Å². The smallest absolute Gasteiger partial charge is 0.238 e. The summed E-state index contributed by atoms with van der Waals surface area (Å²) < 4.78 is 11.9. The Morgan fingerprint density at radius 3 is 2.37 bits per heavy atom. The van der Waals surface area contributed by atoms with E-state index in [1.807, 2.05) is 39.8 Å². The lowest BCUT2D eigenvalue weighted by atomic mass is 9.88. The normalized spacial score (nSPS) is 17.7. The molecular weight excluding hydrogens is 384 g/mol. The SMILES string of the molecule is CC(=O)CC[C@H](NC(=O)C1CCCCC1)c1nnc([C@H](COC(C)(C)C)N(C)C)o1. The number of ether oxygens (including phenoxy) is 1. The summed E-state index contributed by atoms with van der Waals surface area (Å²) in [4.78, 5) is 26.3. The van der Waals surface area contributed by atoms with E-state index in [0.29, 0.717) is 31.2 Å². The van der Waals surface area contributed by atoms with Crippen LogP contribution in [0.25, 0.3) is 0 Å². The second-order valence-corrected chi connectivity index (χ2v) is 9.52. The van der Waals surface area contributed by atoms with Gasteiger partial charge in [-0.25, -0.2) is 0 Å². The van der Waals surface area contributed by atoms with Crippen LogP contribution in [0.3, 0.4) is 0 Å². The molecular formula is C22H38N4O4. The number of aromatic nitrogens is 2. The number of hydrogen-bond donors (Lipinski definition) is 1. The second kappa shape index (κ2) is 11.0. The Morgan fingerprint density at radius 1 is 1.17 bits per heavy atom. The van der Waals surface area contributed by atoms with Crippen molar-refractivity contribution < 1.29 is 18.7 Å². The average molecular weight is 423 g/mol. The topological polar surface area (TPSA) is 97.6 Å². The van der Waals surface area contributed by atoms with Gasteiger partial charge >= 0.3 is 0 Å². The van der Waals surface area contributed by atoms with Gasteiger partial charge in [0.1, 0.15) is 17.9 Å². The Hall–Kier alpha value is -1.80. The summed E-state index contributed by atoms with van der Waals surface area (Å²) in [5.41, 5.74) is -0.283. The zero-order valence-corrected chi connectivity index (χ0v) is 19.4. The molecule has 0 radical (unpaired) electrons. The number of carbonyl (C=O) groups is 2. The molecule has 1 aliphatic carbocycles. The molecule has 1 saturated carbocycles. The fraction of sp³-hybridized carbons (Fsp3) is 0.818. The highest BCUT2D eigenvalue weighted by Gasteiger charge is 2.29. The number of nitrogens with zero attached hydrogens (tertiary/aromatic N) is 3. The molecule has 2 rings (SSSR count). The zero-order chi connectivity index (χ0) is 22.3. The molecule has 1 heterocycles. The molecule has 1 fully saturated rings. The predicted octanol–water partition coefficient (Wildman–Crippen LogP) is 3.59. The van der Waals surface area contributed by atoms with Gasteiger partial charge in [-0.3, -0.25) is 9.69 Å². The first-order valence-electron chi connectivity index (χ1n) is 11.0. The molecule has 1 aromatic heterocycles. The van der Waals surface area contributed by atoms with E-state index in [1.54, 1.807) is 6.92 Å². The van der Waals surface area contributed by atoms with Crippen molar-refractivity contribution in [2.75, 3.05) is 20.7 Å². The minimum absolute atomic E-state index is 0.0169. The molecule has 1 aromatic rings. The minimum Gasteiger partial charge on any atom is -0.421 e. The van der Waals surface area contributed by atoms with Crippen LogP contribution in [0.4, 0.5) is 0 Å². The monoisotopic (exact) mass is 422 g/mol. The molecule has 0 saturated heterocycles. The minimum atomic E-state index is -0.462. The van der Waals surface area contributed by atoms with E-state index in [0.717, 1.165) is 25.7 Å². The molecule has 0 unspecified atom stereocenters. The van der Waals surface area contributed by atoms with Gasteiger partial charge in [-0.1, -0.05) is 19.3 Å². The predicted molar refractivity (Wildman–Crippen MR) is 114 cm³/mol. The standard InChI is InChI=1S/C22H38N4O4/c1-15(27)12-13-17(23-19(28)16-10-8-7-9-11-16)20-24-25-21(30-20)18(26(5)6)14-29-22(2,3)4/h16-18H,7-14H2,1-6H3,(H,23,28)/t17-,18-/m0/s1. The van der Waals surface area contributed by atoms with Gasteiger partial charge in [0.05, 0.1) is 12.2 Å². The zero-order valence-electron chi connectivity index (χ0n) is 19.4. The van der Waals surface area contributed by atoms with E-state index in [1.165, 1.54) is 6.42 Å². The van der Waals surface area contributed by atoms with Crippen LogP contribution < -0.4 is 5.32 Å². The lowest BCUT2D eigenvalue weighted by Gasteiger charge is -2.26. The maximum atomic E-state index is 12.8. The number of rotatable bonds is 10. The van der Waals surface area contributed by atoms with Crippen LogP contribution in [0.1, 0.15) is 96.5 Å². The molecule has 1 aliphatic rings. The van der Waals surface area contributed by atoms with Crippen LogP contribution in [0.2, 0.25) is 0 Å². The molecule has 1 amide bonds. The largest absolute Gasteiger partial charge is 0.421 e. The maximum Gasteiger partial charge on any atom is 0.238 e. The van der Waals surface area contributed by atoms with E-state index in [4.69, 9.17) is 9.15 Å². The molecule has 2 atom stereocenters. The molecule has 0 aliphatic heterocycles. The first-order valence-corrected chi connectivity index (χ1v) is 11.0. The Balaban J connectivity index is 2.14. The summed E-state index contributed by atoms with van der Waals surface area (Å²) >= 11 is 0. The van der Waals surface area contributed by atoms with Gasteiger partial charge in [-0.2, -0.15) is 0 Å². The molecule has 170 valence electrons. The van der Waals surface area contributed by atoms with E-state index >= 15 is 0 Å². The second-order valence-electron chi connectivity index (χ2n) is 9.52. The Labute approximate surface area is 180 Å². The molecule has 0 spiro atoms. The van der Waals surface area contributed by atoms with Crippen molar-refractivity contribution in [3.05, 3.63) is 11.8 Å². The van der Waals surface area contributed by atoms with E-state index in [9.17, 15) is 9.59 Å². The van der Waals surface area contributed by atoms with Crippen LogP contribution in [0, 0.1) is 5.92 Å². The van der Waals surface area contributed by atoms with E-state index in [2.05, 4.69) is 15.5 Å². The third kappa shape index (κ3) is 7.80. The van der Waals surface area contributed by atoms with Crippen molar-refractivity contribution in [1.29, 1.82) is 0 Å². The van der Waals surface area contributed by atoms with Gasteiger partial charge in [0.2, 0.25) is 17.7 Å². The van der Waals surface area contributed by atoms with Gasteiger partial charge in [-0.05, 0) is 61.1 Å². The van der Waals surface area contributed by atoms with Gasteiger partial charge < -0.3 is 19.3 Å². The lowest BCUT2D eigenvalue weighted by Crippen LogP contribution is -2.35. The van der Waals surface area contributed by atoms with Crippen molar-refractivity contribution in [3.63, 3.8) is 0 Å². The molecule has 8 heteroatoms. The average Bonchev–Trinajstić information content (AvgIpc) is 3.14. The highest BCUT2D eigenvalue weighted by Crippen LogP contribution is 2.27. The number of ketones is 1. The number of Topliss-reactive ketones (excluding diaryl/α,β-unsaturated/α-hetero) is 1. The number of nitrogens with one attached hydrogen (secondary N) is 1. The van der Waals surface area contributed by atoms with Crippen LogP contribution in [0.5, 0.6) is 0 Å². The number of amides is 1. The number of likely N-dealkylation sites (N-methyl/N-ethyl adjacent to an activating group) is 1. The van der Waals surface area contributed by atoms with E-state index in [-0.39, 0.29) is 29.3 Å². The summed E-state index contributed by atoms with van der Waals surface area (Å²) in [5.74, 6) is 0.896. The van der Waals surface area contributed by atoms with Gasteiger partial charge in [0, 0.05) is 12.3 Å². The van der Waals surface area contributed by atoms with Crippen molar-refractivity contribution in [1.82, 2.24) is 20.4 Å². The Kier molecular flexibility index (Phi) is 8.97. The van der Waals surface area contributed by atoms with E-state index < -0.39 is 6.04 Å². The molecule has 30 heavy (non-hydrogen) atoms. The summed E-state index contributed by atoms with van der Waals surface area (Å²) in [7, 11) is 3.86. The summed E-state index contributed by atoms with van der Waals surface area (Å²) in [6.45, 7) is 7.95. The van der Waals surface area contributed by atoms with Crippen LogP contribution in [-0.4, -0.2) is 53.1 Å². The third-order valence-electron chi connectivity index (χ3n) is 5.41. The fourth-order valence-corrected chi connectivity index (χ4v) is 3.55. The lowest BCUT2D eigenvalue weighted by molar-refractivity contribution is -0.127. The van der Waals surface area contributed by atoms with Gasteiger partial charge in [-0.15, -0.1) is 10.2 Å². The highest BCUT2D eigenvalue weighted by atomic mass is 16.5. The Morgan fingerprint density at radius 2 is 1.80 bits per heavy atom. The quantitative estimate of drug-likeness (QED) is 0.615. The highest BCUT2D eigenvalue weighted by molar-refractivity contribution is 5.79. The number of carbonyl (C=O) groups excluding carboxylic acids is 2. The van der Waals surface area contributed by atoms with Crippen LogP contribution in [0.15, 0.2) is 4.42 Å². The first-order chi connectivity index (χ1) is 14.1. The summed E-state index contributed by atoms with van der Waals surface area (Å²) in [5, 5.41) is 11.5. The Bertz CT molecular complexity index is 690. The number of hydrogen-bond acceptors (Lipinski definition) is 7. The molecule has 8 nitrogen and oxygen atoms in total. The molecule has 0 bridgehead atoms. The van der Waals surface area contributed by atoms with Crippen molar-refractivity contribution in [2.24, 2.45) is 5.92 Å².